The van der Waals surface area contributed by atoms with E-state index in [1.807, 2.05) is 0 Å². The van der Waals surface area contributed by atoms with E-state index >= 15 is 0 Å². The minimum absolute atomic E-state index is 0.104. The van der Waals surface area contributed by atoms with Crippen LogP contribution in [0, 0.1) is 11.7 Å². The second-order valence-corrected chi connectivity index (χ2v) is 7.15. The highest BCUT2D eigenvalue weighted by Gasteiger charge is 2.53. The lowest BCUT2D eigenvalue weighted by atomic mass is 9.73. The van der Waals surface area contributed by atoms with E-state index in [1.54, 1.807) is 0 Å². The topological polar surface area (TPSA) is 81.4 Å². The van der Waals surface area contributed by atoms with E-state index in [0.717, 1.165) is 6.42 Å². The molecule has 1 aromatic carbocycles. The molecule has 1 saturated carbocycles. The summed E-state index contributed by atoms with van der Waals surface area (Å²) in [5.41, 5.74) is 6.51. The van der Waals surface area contributed by atoms with Crippen molar-refractivity contribution < 1.29 is 17.5 Å². The van der Waals surface area contributed by atoms with Gasteiger partial charge in [-0.05, 0) is 24.1 Å². The summed E-state index contributed by atoms with van der Waals surface area (Å²) in [6.07, 6.45) is 0.787. The third-order valence-corrected chi connectivity index (χ3v) is 5.38. The minimum Gasteiger partial charge on any atom is -0.376 e. The summed E-state index contributed by atoms with van der Waals surface area (Å²) in [4.78, 5) is 0. The van der Waals surface area contributed by atoms with E-state index < -0.39 is 10.0 Å². The van der Waals surface area contributed by atoms with Crippen LogP contribution in [0.4, 0.5) is 4.39 Å². The molecule has 0 aromatic heterocycles. The van der Waals surface area contributed by atoms with Crippen LogP contribution in [0.5, 0.6) is 0 Å². The lowest BCUT2D eigenvalue weighted by Crippen LogP contribution is -2.68. The first-order chi connectivity index (χ1) is 9.46. The Kier molecular flexibility index (Phi) is 3.53. The first-order valence-corrected chi connectivity index (χ1v) is 8.23. The average Bonchev–Trinajstić information content (AvgIpc) is 2.84. The van der Waals surface area contributed by atoms with Crippen molar-refractivity contribution >= 4 is 10.0 Å². The van der Waals surface area contributed by atoms with Crippen molar-refractivity contribution in [3.8, 4) is 0 Å². The van der Waals surface area contributed by atoms with Crippen molar-refractivity contribution in [3.05, 3.63) is 35.6 Å². The van der Waals surface area contributed by atoms with Crippen molar-refractivity contribution in [2.45, 2.75) is 30.4 Å². The maximum atomic E-state index is 12.8. The molecular weight excluding hydrogens is 283 g/mol. The van der Waals surface area contributed by atoms with Crippen LogP contribution in [0.25, 0.3) is 0 Å². The van der Waals surface area contributed by atoms with Crippen molar-refractivity contribution in [2.75, 3.05) is 6.61 Å². The van der Waals surface area contributed by atoms with Gasteiger partial charge in [0.15, 0.2) is 0 Å². The molecule has 0 unspecified atom stereocenters. The number of sulfonamides is 1. The van der Waals surface area contributed by atoms with E-state index in [0.29, 0.717) is 12.2 Å². The van der Waals surface area contributed by atoms with Crippen LogP contribution in [-0.4, -0.2) is 33.2 Å². The van der Waals surface area contributed by atoms with E-state index in [9.17, 15) is 12.8 Å². The summed E-state index contributed by atoms with van der Waals surface area (Å²) in [7, 11) is -3.51. The Balaban J connectivity index is 1.65. The lowest BCUT2D eigenvalue weighted by molar-refractivity contribution is -0.00925. The largest absolute Gasteiger partial charge is 0.376 e. The van der Waals surface area contributed by atoms with Gasteiger partial charge in [-0.2, -0.15) is 0 Å². The molecule has 1 heterocycles. The number of hydrogen-bond donors (Lipinski definition) is 2. The number of hydrogen-bond acceptors (Lipinski definition) is 4. The van der Waals surface area contributed by atoms with Gasteiger partial charge in [-0.25, -0.2) is 17.5 Å². The third-order valence-electron chi connectivity index (χ3n) is 4.03. The Hall–Kier alpha value is -1.02. The van der Waals surface area contributed by atoms with Gasteiger partial charge in [0.2, 0.25) is 10.0 Å². The highest BCUT2D eigenvalue weighted by atomic mass is 32.2. The molecule has 1 aliphatic carbocycles. The van der Waals surface area contributed by atoms with Crippen molar-refractivity contribution in [1.29, 1.82) is 0 Å². The fourth-order valence-corrected chi connectivity index (χ4v) is 4.36. The zero-order valence-electron chi connectivity index (χ0n) is 10.8. The number of rotatable bonds is 4. The summed E-state index contributed by atoms with van der Waals surface area (Å²) in [5.74, 6) is -0.315. The van der Waals surface area contributed by atoms with Crippen molar-refractivity contribution in [3.63, 3.8) is 0 Å². The molecule has 0 bridgehead atoms. The Bertz CT molecular complexity index is 590. The van der Waals surface area contributed by atoms with E-state index in [2.05, 4.69) is 4.72 Å². The number of fused-ring (bicyclic) bond motifs is 1. The maximum Gasteiger partial charge on any atom is 0.216 e. The molecule has 3 rings (SSSR count). The SMILES string of the molecule is N[C@H]1[C@H]2CCO[C@H]2[C@@H]1NS(=O)(=O)Cc1ccc(F)cc1. The number of nitrogens with two attached hydrogens (primary N) is 1. The zero-order chi connectivity index (χ0) is 14.3. The predicted molar refractivity (Wildman–Crippen MR) is 71.8 cm³/mol. The third kappa shape index (κ3) is 2.58. The summed E-state index contributed by atoms with van der Waals surface area (Å²) in [5, 5.41) is 0. The zero-order valence-corrected chi connectivity index (χ0v) is 11.6. The number of benzene rings is 1. The molecule has 4 atom stereocenters. The molecule has 2 aliphatic rings. The van der Waals surface area contributed by atoms with Gasteiger partial charge in [-0.15, -0.1) is 0 Å². The van der Waals surface area contributed by atoms with Crippen molar-refractivity contribution in [1.82, 2.24) is 4.72 Å². The van der Waals surface area contributed by atoms with E-state index in [-0.39, 0.29) is 35.7 Å². The first-order valence-electron chi connectivity index (χ1n) is 6.58. The molecule has 1 aromatic rings. The van der Waals surface area contributed by atoms with Crippen molar-refractivity contribution in [2.24, 2.45) is 11.7 Å². The van der Waals surface area contributed by atoms with Crippen LogP contribution < -0.4 is 10.5 Å². The first kappa shape index (κ1) is 13.9. The molecule has 0 amide bonds. The summed E-state index contributed by atoms with van der Waals surface area (Å²) < 4.78 is 45.1. The highest BCUT2D eigenvalue weighted by Crippen LogP contribution is 2.38. The van der Waals surface area contributed by atoms with Crippen LogP contribution in [0.2, 0.25) is 0 Å². The fraction of sp³-hybridized carbons (Fsp3) is 0.538. The van der Waals surface area contributed by atoms with Gasteiger partial charge in [-0.1, -0.05) is 12.1 Å². The Morgan fingerprint density at radius 3 is 2.75 bits per heavy atom. The van der Waals surface area contributed by atoms with Crippen LogP contribution in [0.3, 0.4) is 0 Å². The molecule has 7 heteroatoms. The smallest absolute Gasteiger partial charge is 0.216 e. The molecule has 0 radical (unpaired) electrons. The number of halogens is 1. The Morgan fingerprint density at radius 1 is 1.35 bits per heavy atom. The summed E-state index contributed by atoms with van der Waals surface area (Å²) in [6, 6.07) is 4.87. The Labute approximate surface area is 117 Å². The molecule has 2 fully saturated rings. The van der Waals surface area contributed by atoms with Gasteiger partial charge in [0.1, 0.15) is 5.82 Å². The summed E-state index contributed by atoms with van der Waals surface area (Å²) >= 11 is 0. The molecule has 1 aliphatic heterocycles. The second-order valence-electron chi connectivity index (χ2n) is 5.39. The quantitative estimate of drug-likeness (QED) is 0.841. The Morgan fingerprint density at radius 2 is 2.05 bits per heavy atom. The monoisotopic (exact) mass is 300 g/mol. The minimum atomic E-state index is -3.51. The summed E-state index contributed by atoms with van der Waals surface area (Å²) in [6.45, 7) is 0.638. The molecule has 3 N–H and O–H groups in total. The number of ether oxygens (including phenoxy) is 1. The molecule has 20 heavy (non-hydrogen) atoms. The lowest BCUT2D eigenvalue weighted by Gasteiger charge is -2.45. The normalized spacial score (nSPS) is 32.7. The van der Waals surface area contributed by atoms with E-state index in [4.69, 9.17) is 10.5 Å². The molecular formula is C13H17FN2O3S. The van der Waals surface area contributed by atoms with Gasteiger partial charge < -0.3 is 10.5 Å². The van der Waals surface area contributed by atoms with Crippen LogP contribution in [0.15, 0.2) is 24.3 Å². The molecule has 0 spiro atoms. The van der Waals surface area contributed by atoms with Gasteiger partial charge in [0.05, 0.1) is 17.9 Å². The van der Waals surface area contributed by atoms with Gasteiger partial charge in [-0.3, -0.25) is 0 Å². The van der Waals surface area contributed by atoms with E-state index in [1.165, 1.54) is 24.3 Å². The standard InChI is InChI=1S/C13H17FN2O3S/c14-9-3-1-8(2-4-9)7-20(17,18)16-12-11(15)10-5-6-19-13(10)12/h1-4,10-13,16H,5-7,15H2/t10-,11+,12-,13-/m1/s1. The number of nitrogens with one attached hydrogen (secondary N) is 1. The molecule has 5 nitrogen and oxygen atoms in total. The fourth-order valence-electron chi connectivity index (χ4n) is 2.94. The van der Waals surface area contributed by atoms with Crippen LogP contribution in [-0.2, 0) is 20.5 Å². The van der Waals surface area contributed by atoms with Gasteiger partial charge in [0, 0.05) is 18.6 Å². The van der Waals surface area contributed by atoms with Gasteiger partial charge in [0.25, 0.3) is 0 Å². The molecule has 110 valence electrons. The van der Waals surface area contributed by atoms with Crippen LogP contribution >= 0.6 is 0 Å². The average molecular weight is 300 g/mol. The second kappa shape index (κ2) is 5.07. The highest BCUT2D eigenvalue weighted by molar-refractivity contribution is 7.88. The predicted octanol–water partition coefficient (Wildman–Crippen LogP) is 0.360. The maximum absolute atomic E-state index is 12.8. The molecule has 1 saturated heterocycles. The van der Waals surface area contributed by atoms with Crippen LogP contribution in [0.1, 0.15) is 12.0 Å². The van der Waals surface area contributed by atoms with Gasteiger partial charge >= 0.3 is 0 Å².